The lowest BCUT2D eigenvalue weighted by Gasteiger charge is -2.36. The summed E-state index contributed by atoms with van der Waals surface area (Å²) in [6.45, 7) is 6.13. The Labute approximate surface area is 189 Å². The van der Waals surface area contributed by atoms with Crippen LogP contribution in [0.5, 0.6) is 11.5 Å². The predicted molar refractivity (Wildman–Crippen MR) is 123 cm³/mol. The molecule has 1 aliphatic heterocycles. The number of hydrogen-bond donors (Lipinski definition) is 1. The standard InChI is InChI=1S/C20H29N5O3.HI/c1-21-20(22-8-4-13-27-19-6-3-5-18(15-19)26-2)25-11-9-24(10-12-25)16-17-7-14-28-23-17;/h3,5-7,14-15H,4,8-13,16H2,1-2H3,(H,21,22);1H. The largest absolute Gasteiger partial charge is 0.497 e. The van der Waals surface area contributed by atoms with E-state index < -0.39 is 0 Å². The van der Waals surface area contributed by atoms with Crippen LogP contribution in [0, 0.1) is 0 Å². The van der Waals surface area contributed by atoms with E-state index in [2.05, 4.69) is 25.3 Å². The van der Waals surface area contributed by atoms with Crippen molar-refractivity contribution in [1.82, 2.24) is 20.3 Å². The first kappa shape index (κ1) is 23.3. The second-order valence-corrected chi connectivity index (χ2v) is 6.61. The van der Waals surface area contributed by atoms with Gasteiger partial charge in [-0.15, -0.1) is 24.0 Å². The smallest absolute Gasteiger partial charge is 0.193 e. The Hall–Kier alpha value is -2.01. The van der Waals surface area contributed by atoms with E-state index in [1.165, 1.54) is 0 Å². The molecule has 2 heterocycles. The highest BCUT2D eigenvalue weighted by molar-refractivity contribution is 14.0. The molecule has 9 heteroatoms. The van der Waals surface area contributed by atoms with Crippen molar-refractivity contribution in [2.45, 2.75) is 13.0 Å². The number of aliphatic imine (C=N–C) groups is 1. The van der Waals surface area contributed by atoms with Gasteiger partial charge in [0.15, 0.2) is 5.96 Å². The van der Waals surface area contributed by atoms with Gasteiger partial charge in [0.2, 0.25) is 0 Å². The molecule has 0 bridgehead atoms. The summed E-state index contributed by atoms with van der Waals surface area (Å²) in [5.74, 6) is 2.58. The number of nitrogens with zero attached hydrogens (tertiary/aromatic N) is 4. The molecule has 0 unspecified atom stereocenters. The van der Waals surface area contributed by atoms with Crippen LogP contribution in [-0.4, -0.2) is 74.4 Å². The van der Waals surface area contributed by atoms with Gasteiger partial charge in [-0.05, 0) is 18.6 Å². The van der Waals surface area contributed by atoms with Crippen LogP contribution in [-0.2, 0) is 6.54 Å². The lowest BCUT2D eigenvalue weighted by atomic mass is 10.3. The van der Waals surface area contributed by atoms with Gasteiger partial charge in [-0.25, -0.2) is 0 Å². The highest BCUT2D eigenvalue weighted by Gasteiger charge is 2.20. The van der Waals surface area contributed by atoms with E-state index in [-0.39, 0.29) is 24.0 Å². The SMILES string of the molecule is CN=C(NCCCOc1cccc(OC)c1)N1CCN(Cc2ccon2)CC1.I. The Morgan fingerprint density at radius 1 is 1.21 bits per heavy atom. The minimum absolute atomic E-state index is 0. The van der Waals surface area contributed by atoms with Crippen LogP contribution < -0.4 is 14.8 Å². The minimum Gasteiger partial charge on any atom is -0.497 e. The third-order valence-corrected chi connectivity index (χ3v) is 4.67. The van der Waals surface area contributed by atoms with E-state index in [1.807, 2.05) is 37.4 Å². The maximum absolute atomic E-state index is 5.78. The summed E-state index contributed by atoms with van der Waals surface area (Å²) in [5.41, 5.74) is 0.979. The average Bonchev–Trinajstić information content (AvgIpc) is 3.25. The lowest BCUT2D eigenvalue weighted by molar-refractivity contribution is 0.169. The van der Waals surface area contributed by atoms with Crippen molar-refractivity contribution in [3.05, 3.63) is 42.3 Å². The Balaban J connectivity index is 0.00000300. The van der Waals surface area contributed by atoms with E-state index in [9.17, 15) is 0 Å². The van der Waals surface area contributed by atoms with E-state index in [0.717, 1.165) is 68.8 Å². The van der Waals surface area contributed by atoms with Crippen molar-refractivity contribution in [2.75, 3.05) is 53.5 Å². The van der Waals surface area contributed by atoms with Gasteiger partial charge >= 0.3 is 0 Å². The molecule has 0 atom stereocenters. The summed E-state index contributed by atoms with van der Waals surface area (Å²) in [6, 6.07) is 9.58. The van der Waals surface area contributed by atoms with Crippen molar-refractivity contribution >= 4 is 29.9 Å². The summed E-state index contributed by atoms with van der Waals surface area (Å²) in [7, 11) is 3.49. The van der Waals surface area contributed by atoms with Gasteiger partial charge < -0.3 is 24.2 Å². The summed E-state index contributed by atoms with van der Waals surface area (Å²) in [5, 5.41) is 7.42. The number of benzene rings is 1. The number of hydrogen-bond acceptors (Lipinski definition) is 6. The molecule has 1 aliphatic rings. The van der Waals surface area contributed by atoms with Gasteiger partial charge in [-0.1, -0.05) is 11.2 Å². The summed E-state index contributed by atoms with van der Waals surface area (Å²) >= 11 is 0. The molecular weight excluding hydrogens is 485 g/mol. The van der Waals surface area contributed by atoms with Crippen molar-refractivity contribution in [3.8, 4) is 11.5 Å². The molecule has 0 amide bonds. The van der Waals surface area contributed by atoms with Crippen LogP contribution in [0.3, 0.4) is 0 Å². The first-order chi connectivity index (χ1) is 13.8. The normalized spacial score (nSPS) is 15.0. The van der Waals surface area contributed by atoms with Gasteiger partial charge in [-0.3, -0.25) is 9.89 Å². The van der Waals surface area contributed by atoms with Gasteiger partial charge in [0, 0.05) is 58.4 Å². The van der Waals surface area contributed by atoms with Crippen LogP contribution in [0.1, 0.15) is 12.1 Å². The third kappa shape index (κ3) is 7.39. The molecule has 2 aromatic rings. The number of aromatic nitrogens is 1. The van der Waals surface area contributed by atoms with Crippen molar-refractivity contribution in [1.29, 1.82) is 0 Å². The van der Waals surface area contributed by atoms with E-state index in [4.69, 9.17) is 14.0 Å². The summed E-state index contributed by atoms with van der Waals surface area (Å²) in [4.78, 5) is 9.09. The molecule has 0 radical (unpaired) electrons. The Morgan fingerprint density at radius 2 is 2.00 bits per heavy atom. The summed E-state index contributed by atoms with van der Waals surface area (Å²) < 4.78 is 15.9. The van der Waals surface area contributed by atoms with Crippen LogP contribution in [0.4, 0.5) is 0 Å². The van der Waals surface area contributed by atoms with Crippen LogP contribution >= 0.6 is 24.0 Å². The first-order valence-electron chi connectivity index (χ1n) is 9.62. The molecule has 160 valence electrons. The first-order valence-corrected chi connectivity index (χ1v) is 9.62. The topological polar surface area (TPSA) is 75.4 Å². The second kappa shape index (κ2) is 12.5. The fourth-order valence-electron chi connectivity index (χ4n) is 3.15. The van der Waals surface area contributed by atoms with Gasteiger partial charge in [0.1, 0.15) is 17.8 Å². The number of guanidine groups is 1. The third-order valence-electron chi connectivity index (χ3n) is 4.67. The van der Waals surface area contributed by atoms with E-state index >= 15 is 0 Å². The number of nitrogens with one attached hydrogen (secondary N) is 1. The maximum Gasteiger partial charge on any atom is 0.193 e. The lowest BCUT2D eigenvalue weighted by Crippen LogP contribution is -2.52. The second-order valence-electron chi connectivity index (χ2n) is 6.61. The number of ether oxygens (including phenoxy) is 2. The van der Waals surface area contributed by atoms with Crippen molar-refractivity contribution < 1.29 is 14.0 Å². The Bertz CT molecular complexity index is 733. The molecular formula is C20H30IN5O3. The van der Waals surface area contributed by atoms with Gasteiger partial charge in [0.05, 0.1) is 19.4 Å². The van der Waals surface area contributed by atoms with E-state index in [0.29, 0.717) is 6.61 Å². The Morgan fingerprint density at radius 3 is 2.69 bits per heavy atom. The monoisotopic (exact) mass is 515 g/mol. The van der Waals surface area contributed by atoms with Crippen molar-refractivity contribution in [3.63, 3.8) is 0 Å². The average molecular weight is 515 g/mol. The molecule has 3 rings (SSSR count). The van der Waals surface area contributed by atoms with Gasteiger partial charge in [0.25, 0.3) is 0 Å². The quantitative estimate of drug-likeness (QED) is 0.251. The highest BCUT2D eigenvalue weighted by atomic mass is 127. The Kier molecular flexibility index (Phi) is 10.1. The van der Waals surface area contributed by atoms with Crippen LogP contribution in [0.15, 0.2) is 46.1 Å². The minimum atomic E-state index is 0. The zero-order valence-corrected chi connectivity index (χ0v) is 19.4. The molecule has 1 N–H and O–H groups in total. The van der Waals surface area contributed by atoms with Crippen LogP contribution in [0.25, 0.3) is 0 Å². The number of piperazine rings is 1. The number of methoxy groups -OCH3 is 1. The molecule has 1 saturated heterocycles. The maximum atomic E-state index is 5.78. The van der Waals surface area contributed by atoms with Crippen LogP contribution in [0.2, 0.25) is 0 Å². The zero-order chi connectivity index (χ0) is 19.6. The number of rotatable bonds is 8. The zero-order valence-electron chi connectivity index (χ0n) is 17.0. The molecule has 8 nitrogen and oxygen atoms in total. The molecule has 0 saturated carbocycles. The molecule has 1 aromatic carbocycles. The molecule has 1 fully saturated rings. The van der Waals surface area contributed by atoms with E-state index in [1.54, 1.807) is 13.4 Å². The van der Waals surface area contributed by atoms with Gasteiger partial charge in [-0.2, -0.15) is 0 Å². The fourth-order valence-corrected chi connectivity index (χ4v) is 3.15. The van der Waals surface area contributed by atoms with Crippen molar-refractivity contribution in [2.24, 2.45) is 4.99 Å². The highest BCUT2D eigenvalue weighted by Crippen LogP contribution is 2.18. The molecule has 29 heavy (non-hydrogen) atoms. The molecule has 0 aliphatic carbocycles. The predicted octanol–water partition coefficient (Wildman–Crippen LogP) is 2.46. The summed E-state index contributed by atoms with van der Waals surface area (Å²) in [6.07, 6.45) is 2.51. The number of halogens is 1. The molecule has 0 spiro atoms. The molecule has 1 aromatic heterocycles. The fraction of sp³-hybridized carbons (Fsp3) is 0.500.